The van der Waals surface area contributed by atoms with E-state index < -0.39 is 0 Å². The number of hydrogen-bond acceptors (Lipinski definition) is 2. The zero-order valence-corrected chi connectivity index (χ0v) is 16.6. The van der Waals surface area contributed by atoms with Crippen molar-refractivity contribution in [3.63, 3.8) is 0 Å². The number of thiocarbonyl (C=S) groups is 1. The van der Waals surface area contributed by atoms with Crippen LogP contribution >= 0.6 is 28.1 Å². The van der Waals surface area contributed by atoms with Crippen LogP contribution in [0, 0.1) is 12.7 Å². The van der Waals surface area contributed by atoms with Gasteiger partial charge in [-0.15, -0.1) is 0 Å². The van der Waals surface area contributed by atoms with Gasteiger partial charge in [-0.3, -0.25) is 4.68 Å². The van der Waals surface area contributed by atoms with Crippen LogP contribution in [0.4, 0.5) is 10.2 Å². The van der Waals surface area contributed by atoms with E-state index in [1.54, 1.807) is 29.1 Å². The Labute approximate surface area is 165 Å². The molecule has 0 atom stereocenters. The average molecular weight is 433 g/mol. The molecule has 1 heterocycles. The number of hydrogen-bond donors (Lipinski definition) is 2. The largest absolute Gasteiger partial charge is 0.358 e. The van der Waals surface area contributed by atoms with Gasteiger partial charge < -0.3 is 10.6 Å². The Balaban J connectivity index is 1.59. The quantitative estimate of drug-likeness (QED) is 0.576. The molecule has 0 unspecified atom stereocenters. The monoisotopic (exact) mass is 432 g/mol. The van der Waals surface area contributed by atoms with Crippen LogP contribution in [-0.2, 0) is 13.1 Å². The number of nitrogens with zero attached hydrogens (tertiary/aromatic N) is 2. The maximum Gasteiger partial charge on any atom is 0.172 e. The summed E-state index contributed by atoms with van der Waals surface area (Å²) < 4.78 is 16.2. The van der Waals surface area contributed by atoms with Crippen molar-refractivity contribution in [2.24, 2.45) is 0 Å². The fraction of sp³-hybridized carbons (Fsp3) is 0.158. The molecule has 3 aromatic rings. The molecule has 134 valence electrons. The van der Waals surface area contributed by atoms with Gasteiger partial charge >= 0.3 is 0 Å². The van der Waals surface area contributed by atoms with E-state index in [2.05, 4.69) is 62.9 Å². The van der Waals surface area contributed by atoms with E-state index in [4.69, 9.17) is 12.2 Å². The normalized spacial score (nSPS) is 10.6. The number of rotatable bonds is 5. The lowest BCUT2D eigenvalue weighted by atomic mass is 10.1. The van der Waals surface area contributed by atoms with Crippen LogP contribution in [0.5, 0.6) is 0 Å². The molecule has 3 rings (SSSR count). The lowest BCUT2D eigenvalue weighted by molar-refractivity contribution is 0.585. The Hall–Kier alpha value is -2.25. The van der Waals surface area contributed by atoms with Crippen LogP contribution in [0.25, 0.3) is 0 Å². The van der Waals surface area contributed by atoms with Crippen LogP contribution in [-0.4, -0.2) is 14.9 Å². The summed E-state index contributed by atoms with van der Waals surface area (Å²) in [7, 11) is 0. The minimum Gasteiger partial charge on any atom is -0.358 e. The Morgan fingerprint density at radius 2 is 1.92 bits per heavy atom. The van der Waals surface area contributed by atoms with Crippen molar-refractivity contribution in [3.05, 3.63) is 81.7 Å². The third-order valence-corrected chi connectivity index (χ3v) is 4.64. The summed E-state index contributed by atoms with van der Waals surface area (Å²) in [5.74, 6) is 0.340. The van der Waals surface area contributed by atoms with Gasteiger partial charge in [-0.25, -0.2) is 4.39 Å². The third kappa shape index (κ3) is 4.89. The Morgan fingerprint density at radius 3 is 2.65 bits per heavy atom. The van der Waals surface area contributed by atoms with E-state index in [0.717, 1.165) is 10.0 Å². The highest BCUT2D eigenvalue weighted by Crippen LogP contribution is 2.21. The van der Waals surface area contributed by atoms with Crippen LogP contribution in [0.2, 0.25) is 0 Å². The van der Waals surface area contributed by atoms with Crippen molar-refractivity contribution < 1.29 is 4.39 Å². The summed E-state index contributed by atoms with van der Waals surface area (Å²) in [6.45, 7) is 3.02. The van der Waals surface area contributed by atoms with Crippen molar-refractivity contribution in [3.8, 4) is 0 Å². The second kappa shape index (κ2) is 8.42. The molecule has 2 aromatic carbocycles. The zero-order chi connectivity index (χ0) is 18.5. The van der Waals surface area contributed by atoms with E-state index in [9.17, 15) is 4.39 Å². The first-order valence-electron chi connectivity index (χ1n) is 8.08. The van der Waals surface area contributed by atoms with Crippen LogP contribution in [0.15, 0.2) is 59.2 Å². The smallest absolute Gasteiger partial charge is 0.172 e. The van der Waals surface area contributed by atoms with Gasteiger partial charge in [0.2, 0.25) is 0 Å². The molecule has 0 amide bonds. The van der Waals surface area contributed by atoms with Crippen molar-refractivity contribution in [2.45, 2.75) is 20.0 Å². The highest BCUT2D eigenvalue weighted by atomic mass is 79.9. The predicted octanol–water partition coefficient (Wildman–Crippen LogP) is 4.63. The van der Waals surface area contributed by atoms with Crippen molar-refractivity contribution in [1.29, 1.82) is 0 Å². The molecule has 1 aromatic heterocycles. The molecule has 0 saturated carbocycles. The van der Waals surface area contributed by atoms with E-state index in [-0.39, 0.29) is 5.82 Å². The number of aryl methyl sites for hydroxylation is 1. The van der Waals surface area contributed by atoms with Gasteiger partial charge in [0.1, 0.15) is 5.82 Å². The van der Waals surface area contributed by atoms with Gasteiger partial charge in [0.25, 0.3) is 0 Å². The molecule has 0 saturated heterocycles. The van der Waals surface area contributed by atoms with E-state index in [1.807, 2.05) is 0 Å². The first-order valence-corrected chi connectivity index (χ1v) is 9.28. The molecular weight excluding hydrogens is 415 g/mol. The van der Waals surface area contributed by atoms with Gasteiger partial charge in [-0.2, -0.15) is 5.10 Å². The molecule has 0 spiro atoms. The SMILES string of the molecule is Cc1ccc(CNC(=S)Nc2nn(Cc3ccccc3F)cc2Br)cc1. The summed E-state index contributed by atoms with van der Waals surface area (Å²) in [6, 6.07) is 14.9. The Morgan fingerprint density at radius 1 is 1.19 bits per heavy atom. The molecule has 7 heteroatoms. The van der Waals surface area contributed by atoms with Crippen molar-refractivity contribution in [2.75, 3.05) is 5.32 Å². The Kier molecular flexibility index (Phi) is 6.00. The molecule has 0 aliphatic heterocycles. The number of nitrogens with one attached hydrogen (secondary N) is 2. The lowest BCUT2D eigenvalue weighted by Gasteiger charge is -2.09. The topological polar surface area (TPSA) is 41.9 Å². The van der Waals surface area contributed by atoms with E-state index >= 15 is 0 Å². The van der Waals surface area contributed by atoms with E-state index in [0.29, 0.717) is 29.6 Å². The summed E-state index contributed by atoms with van der Waals surface area (Å²) in [4.78, 5) is 0. The Bertz CT molecular complexity index is 908. The van der Waals surface area contributed by atoms with Gasteiger partial charge in [0.15, 0.2) is 10.9 Å². The second-order valence-corrected chi connectivity index (χ2v) is 7.17. The minimum atomic E-state index is -0.246. The highest BCUT2D eigenvalue weighted by molar-refractivity contribution is 9.10. The highest BCUT2D eigenvalue weighted by Gasteiger charge is 2.10. The molecule has 2 N–H and O–H groups in total. The lowest BCUT2D eigenvalue weighted by Crippen LogP contribution is -2.28. The predicted molar refractivity (Wildman–Crippen MR) is 110 cm³/mol. The first-order chi connectivity index (χ1) is 12.5. The molecular formula is C19H18BrFN4S. The standard InChI is InChI=1S/C19H18BrFN4S/c1-13-6-8-14(9-7-13)10-22-19(26)23-18-16(20)12-25(24-18)11-15-4-2-3-5-17(15)21/h2-9,12H,10-11H2,1H3,(H2,22,23,24,26). The summed E-state index contributed by atoms with van der Waals surface area (Å²) in [6.07, 6.45) is 1.79. The van der Waals surface area contributed by atoms with Gasteiger partial charge in [-0.05, 0) is 46.7 Å². The molecule has 0 radical (unpaired) electrons. The second-order valence-electron chi connectivity index (χ2n) is 5.91. The van der Waals surface area contributed by atoms with Crippen LogP contribution < -0.4 is 10.6 Å². The van der Waals surface area contributed by atoms with E-state index in [1.165, 1.54) is 11.6 Å². The number of benzene rings is 2. The average Bonchev–Trinajstić information content (AvgIpc) is 2.95. The summed E-state index contributed by atoms with van der Waals surface area (Å²) in [5.41, 5.74) is 2.94. The third-order valence-electron chi connectivity index (χ3n) is 3.81. The summed E-state index contributed by atoms with van der Waals surface area (Å²) in [5, 5.41) is 11.1. The maximum absolute atomic E-state index is 13.8. The zero-order valence-electron chi connectivity index (χ0n) is 14.2. The number of aromatic nitrogens is 2. The minimum absolute atomic E-state index is 0.246. The fourth-order valence-corrected chi connectivity index (χ4v) is 2.99. The van der Waals surface area contributed by atoms with Crippen molar-refractivity contribution >= 4 is 39.1 Å². The molecule has 4 nitrogen and oxygen atoms in total. The maximum atomic E-state index is 13.8. The van der Waals surface area contributed by atoms with Crippen molar-refractivity contribution in [1.82, 2.24) is 15.1 Å². The van der Waals surface area contributed by atoms with Gasteiger partial charge in [0, 0.05) is 18.3 Å². The summed E-state index contributed by atoms with van der Waals surface area (Å²) >= 11 is 8.78. The molecule has 0 aliphatic carbocycles. The number of halogens is 2. The molecule has 0 bridgehead atoms. The first kappa shape index (κ1) is 18.5. The molecule has 26 heavy (non-hydrogen) atoms. The fourth-order valence-electron chi connectivity index (χ4n) is 2.40. The number of anilines is 1. The molecule has 0 aliphatic rings. The van der Waals surface area contributed by atoms with Gasteiger partial charge in [-0.1, -0.05) is 48.0 Å². The van der Waals surface area contributed by atoms with Gasteiger partial charge in [0.05, 0.1) is 11.0 Å². The molecule has 0 fully saturated rings. The van der Waals surface area contributed by atoms with Crippen LogP contribution in [0.3, 0.4) is 0 Å². The van der Waals surface area contributed by atoms with Crippen LogP contribution in [0.1, 0.15) is 16.7 Å².